The molecule has 0 bridgehead atoms. The fraction of sp³-hybridized carbons (Fsp3) is 0.625. The van der Waals surface area contributed by atoms with E-state index in [1.165, 1.54) is 9.87 Å². The third-order valence-electron chi connectivity index (χ3n) is 4.03. The van der Waals surface area contributed by atoms with E-state index in [1.807, 2.05) is 40.0 Å². The monoisotopic (exact) mass is 312 g/mol. The molecule has 0 spiro atoms. The predicted molar refractivity (Wildman–Crippen MR) is 87.9 cm³/mol. The van der Waals surface area contributed by atoms with E-state index in [9.17, 15) is 8.42 Å². The van der Waals surface area contributed by atoms with Crippen molar-refractivity contribution in [3.8, 4) is 0 Å². The molecule has 1 rings (SSSR count). The van der Waals surface area contributed by atoms with Gasteiger partial charge in [0.25, 0.3) is 0 Å². The van der Waals surface area contributed by atoms with Crippen LogP contribution in [0.25, 0.3) is 0 Å². The quantitative estimate of drug-likeness (QED) is 0.750. The van der Waals surface area contributed by atoms with Crippen LogP contribution in [0, 0.1) is 5.92 Å². The second-order valence-corrected chi connectivity index (χ2v) is 7.85. The molecule has 0 aromatic heterocycles. The Bertz CT molecular complexity index is 524. The summed E-state index contributed by atoms with van der Waals surface area (Å²) in [4.78, 5) is 0.370. The van der Waals surface area contributed by atoms with Crippen LogP contribution in [0.15, 0.2) is 29.2 Å². The van der Waals surface area contributed by atoms with Crippen molar-refractivity contribution in [2.24, 2.45) is 5.92 Å². The third kappa shape index (κ3) is 4.80. The Kier molecular flexibility index (Phi) is 6.84. The highest BCUT2D eigenvalue weighted by Gasteiger charge is 2.26. The first kappa shape index (κ1) is 18.1. The van der Waals surface area contributed by atoms with Crippen LogP contribution in [0.4, 0.5) is 0 Å². The van der Waals surface area contributed by atoms with Crippen molar-refractivity contribution < 1.29 is 8.42 Å². The summed E-state index contributed by atoms with van der Waals surface area (Å²) in [6.07, 6.45) is 2.01. The van der Waals surface area contributed by atoms with Crippen LogP contribution < -0.4 is 5.32 Å². The summed E-state index contributed by atoms with van der Waals surface area (Å²) in [7, 11) is 0.181. The number of nitrogens with one attached hydrogen (secondary N) is 1. The summed E-state index contributed by atoms with van der Waals surface area (Å²) < 4.78 is 26.6. The Morgan fingerprint density at radius 3 is 2.19 bits per heavy atom. The minimum Gasteiger partial charge on any atom is -0.320 e. The van der Waals surface area contributed by atoms with Crippen molar-refractivity contribution >= 4 is 10.0 Å². The maximum atomic E-state index is 12.6. The van der Waals surface area contributed by atoms with Gasteiger partial charge >= 0.3 is 0 Å². The molecule has 0 aliphatic heterocycles. The van der Waals surface area contributed by atoms with Crippen LogP contribution in [0.2, 0.25) is 0 Å². The Labute approximate surface area is 129 Å². The largest absolute Gasteiger partial charge is 0.320 e. The van der Waals surface area contributed by atoms with Crippen molar-refractivity contribution in [3.63, 3.8) is 0 Å². The third-order valence-corrected chi connectivity index (χ3v) is 5.99. The minimum atomic E-state index is -3.40. The highest BCUT2D eigenvalue weighted by molar-refractivity contribution is 7.89. The second-order valence-electron chi connectivity index (χ2n) is 5.86. The molecule has 1 N–H and O–H groups in total. The lowest BCUT2D eigenvalue weighted by Crippen LogP contribution is -2.38. The van der Waals surface area contributed by atoms with Gasteiger partial charge in [-0.05, 0) is 57.0 Å². The molecular weight excluding hydrogens is 284 g/mol. The zero-order valence-corrected chi connectivity index (χ0v) is 14.6. The Morgan fingerprint density at radius 2 is 1.71 bits per heavy atom. The molecule has 0 fully saturated rings. The van der Waals surface area contributed by atoms with Gasteiger partial charge in [-0.25, -0.2) is 8.42 Å². The smallest absolute Gasteiger partial charge is 0.243 e. The minimum absolute atomic E-state index is 0.0229. The van der Waals surface area contributed by atoms with Gasteiger partial charge in [0.15, 0.2) is 0 Å². The molecule has 5 heteroatoms. The average molecular weight is 312 g/mol. The van der Waals surface area contributed by atoms with Crippen molar-refractivity contribution in [1.82, 2.24) is 9.62 Å². The summed E-state index contributed by atoms with van der Waals surface area (Å²) in [5, 5.41) is 3.11. The van der Waals surface area contributed by atoms with Crippen molar-refractivity contribution in [2.75, 3.05) is 20.6 Å². The lowest BCUT2D eigenvalue weighted by Gasteiger charge is -2.27. The van der Waals surface area contributed by atoms with Crippen LogP contribution in [0.3, 0.4) is 0 Å². The number of sulfonamides is 1. The first-order valence-corrected chi connectivity index (χ1v) is 8.96. The SMILES string of the molecule is CNCCCc1ccc(S(=O)(=O)N(C)C(C)C(C)C)cc1. The summed E-state index contributed by atoms with van der Waals surface area (Å²) in [5.74, 6) is 0.283. The molecule has 4 nitrogen and oxygen atoms in total. The maximum absolute atomic E-state index is 12.6. The Morgan fingerprint density at radius 1 is 1.14 bits per heavy atom. The Balaban J connectivity index is 2.84. The zero-order valence-electron chi connectivity index (χ0n) is 13.8. The molecule has 1 atom stereocenters. The predicted octanol–water partition coefficient (Wildman–Crippen LogP) is 2.50. The summed E-state index contributed by atoms with van der Waals surface area (Å²) in [5.41, 5.74) is 1.17. The van der Waals surface area contributed by atoms with E-state index in [-0.39, 0.29) is 12.0 Å². The number of hydrogen-bond donors (Lipinski definition) is 1. The lowest BCUT2D eigenvalue weighted by molar-refractivity contribution is 0.316. The van der Waals surface area contributed by atoms with E-state index in [1.54, 1.807) is 19.2 Å². The van der Waals surface area contributed by atoms with Gasteiger partial charge in [-0.1, -0.05) is 26.0 Å². The number of aryl methyl sites for hydroxylation is 1. The fourth-order valence-electron chi connectivity index (χ4n) is 2.10. The van der Waals surface area contributed by atoms with Crippen LogP contribution in [0.5, 0.6) is 0 Å². The van der Waals surface area contributed by atoms with Gasteiger partial charge in [-0.3, -0.25) is 0 Å². The topological polar surface area (TPSA) is 49.4 Å². The lowest BCUT2D eigenvalue weighted by atomic mass is 10.1. The number of nitrogens with zero attached hydrogens (tertiary/aromatic N) is 1. The van der Waals surface area contributed by atoms with E-state index in [2.05, 4.69) is 5.32 Å². The highest BCUT2D eigenvalue weighted by Crippen LogP contribution is 2.20. The molecule has 1 aromatic rings. The molecule has 21 heavy (non-hydrogen) atoms. The van der Waals surface area contributed by atoms with Crippen LogP contribution in [0.1, 0.15) is 32.8 Å². The summed E-state index contributed by atoms with van der Waals surface area (Å²) in [6, 6.07) is 7.24. The van der Waals surface area contributed by atoms with Gasteiger partial charge < -0.3 is 5.32 Å². The number of benzene rings is 1. The van der Waals surface area contributed by atoms with Crippen LogP contribution in [-0.4, -0.2) is 39.4 Å². The van der Waals surface area contributed by atoms with E-state index in [0.717, 1.165) is 19.4 Å². The second kappa shape index (κ2) is 7.92. The van der Waals surface area contributed by atoms with Crippen LogP contribution >= 0.6 is 0 Å². The summed E-state index contributed by atoms with van der Waals surface area (Å²) in [6.45, 7) is 6.96. The molecule has 0 saturated heterocycles. The molecule has 120 valence electrons. The van der Waals surface area contributed by atoms with E-state index in [0.29, 0.717) is 4.90 Å². The van der Waals surface area contributed by atoms with Gasteiger partial charge in [0.05, 0.1) is 4.90 Å². The van der Waals surface area contributed by atoms with Crippen molar-refractivity contribution in [2.45, 2.75) is 44.6 Å². The first-order valence-electron chi connectivity index (χ1n) is 7.52. The number of hydrogen-bond acceptors (Lipinski definition) is 3. The summed E-state index contributed by atoms with van der Waals surface area (Å²) >= 11 is 0. The van der Waals surface area contributed by atoms with Crippen LogP contribution in [-0.2, 0) is 16.4 Å². The fourth-order valence-corrected chi connectivity index (χ4v) is 3.60. The molecule has 0 radical (unpaired) electrons. The maximum Gasteiger partial charge on any atom is 0.243 e. The molecule has 1 unspecified atom stereocenters. The first-order chi connectivity index (χ1) is 9.80. The van der Waals surface area contributed by atoms with E-state index in [4.69, 9.17) is 0 Å². The van der Waals surface area contributed by atoms with Crippen molar-refractivity contribution in [1.29, 1.82) is 0 Å². The van der Waals surface area contributed by atoms with E-state index >= 15 is 0 Å². The van der Waals surface area contributed by atoms with Gasteiger partial charge in [-0.15, -0.1) is 0 Å². The molecule has 1 aromatic carbocycles. The molecule has 0 heterocycles. The van der Waals surface area contributed by atoms with Gasteiger partial charge in [-0.2, -0.15) is 4.31 Å². The zero-order chi connectivity index (χ0) is 16.0. The Hall–Kier alpha value is -0.910. The molecular formula is C16H28N2O2S. The highest BCUT2D eigenvalue weighted by atomic mass is 32.2. The average Bonchev–Trinajstić information content (AvgIpc) is 2.46. The standard InChI is InChI=1S/C16H28N2O2S/c1-13(2)14(3)18(5)21(19,20)16-10-8-15(9-11-16)7-6-12-17-4/h8-11,13-14,17H,6-7,12H2,1-5H3. The van der Waals surface area contributed by atoms with E-state index < -0.39 is 10.0 Å². The molecule has 0 aliphatic rings. The molecule has 0 amide bonds. The molecule has 0 aliphatic carbocycles. The van der Waals surface area contributed by atoms with Gasteiger partial charge in [0.1, 0.15) is 0 Å². The van der Waals surface area contributed by atoms with Gasteiger partial charge in [0, 0.05) is 13.1 Å². The van der Waals surface area contributed by atoms with Gasteiger partial charge in [0.2, 0.25) is 10.0 Å². The normalized spacial score (nSPS) is 13.9. The molecule has 0 saturated carbocycles. The number of rotatable bonds is 8. The van der Waals surface area contributed by atoms with Crippen molar-refractivity contribution in [3.05, 3.63) is 29.8 Å².